The lowest BCUT2D eigenvalue weighted by atomic mass is 9.96. The summed E-state index contributed by atoms with van der Waals surface area (Å²) in [7, 11) is 0. The first kappa shape index (κ1) is 16.7. The second-order valence-electron chi connectivity index (χ2n) is 6.42. The van der Waals surface area contributed by atoms with Crippen molar-refractivity contribution in [3.63, 3.8) is 0 Å². The Morgan fingerprint density at radius 3 is 2.86 bits per heavy atom. The molecule has 4 unspecified atom stereocenters. The number of carbonyl (C=O) groups excluding carboxylic acids is 1. The largest absolute Gasteiger partial charge is 0.465 e. The third-order valence-corrected chi connectivity index (χ3v) is 4.79. The standard InChI is InChI=1S/C16H30N2O3/c1-5-17-16(15(19)20-6-2)8-7-14(9-16)18-10-13(4)21-11-12(18)3/h12-14,17H,5-11H2,1-4H3. The summed E-state index contributed by atoms with van der Waals surface area (Å²) in [6.07, 6.45) is 3.03. The molecule has 0 radical (unpaired) electrons. The van der Waals surface area contributed by atoms with Crippen molar-refractivity contribution in [3.05, 3.63) is 0 Å². The van der Waals surface area contributed by atoms with Gasteiger partial charge in [0.15, 0.2) is 0 Å². The number of hydrogen-bond acceptors (Lipinski definition) is 5. The third-order valence-electron chi connectivity index (χ3n) is 4.79. The Morgan fingerprint density at radius 2 is 2.19 bits per heavy atom. The van der Waals surface area contributed by atoms with Gasteiger partial charge >= 0.3 is 5.97 Å². The van der Waals surface area contributed by atoms with Gasteiger partial charge in [-0.3, -0.25) is 9.69 Å². The van der Waals surface area contributed by atoms with Crippen LogP contribution in [0.3, 0.4) is 0 Å². The Labute approximate surface area is 128 Å². The number of ether oxygens (including phenoxy) is 2. The van der Waals surface area contributed by atoms with Gasteiger partial charge in [-0.1, -0.05) is 6.92 Å². The normalized spacial score (nSPS) is 37.6. The number of nitrogens with one attached hydrogen (secondary N) is 1. The predicted molar refractivity (Wildman–Crippen MR) is 82.3 cm³/mol. The molecule has 1 saturated heterocycles. The molecule has 2 fully saturated rings. The van der Waals surface area contributed by atoms with Crippen molar-refractivity contribution in [1.82, 2.24) is 10.2 Å². The molecule has 0 aromatic heterocycles. The average molecular weight is 298 g/mol. The van der Waals surface area contributed by atoms with Gasteiger partial charge in [-0.15, -0.1) is 0 Å². The van der Waals surface area contributed by atoms with Gasteiger partial charge < -0.3 is 14.8 Å². The van der Waals surface area contributed by atoms with E-state index in [1.807, 2.05) is 13.8 Å². The van der Waals surface area contributed by atoms with Gasteiger partial charge in [-0.2, -0.15) is 0 Å². The summed E-state index contributed by atoms with van der Waals surface area (Å²) in [5.41, 5.74) is -0.489. The highest BCUT2D eigenvalue weighted by molar-refractivity contribution is 5.81. The van der Waals surface area contributed by atoms with E-state index in [-0.39, 0.29) is 12.1 Å². The van der Waals surface area contributed by atoms with Crippen molar-refractivity contribution in [2.24, 2.45) is 0 Å². The van der Waals surface area contributed by atoms with E-state index >= 15 is 0 Å². The first-order valence-electron chi connectivity index (χ1n) is 8.32. The summed E-state index contributed by atoms with van der Waals surface area (Å²) in [4.78, 5) is 14.9. The first-order valence-corrected chi connectivity index (χ1v) is 8.32. The Kier molecular flexibility index (Phi) is 5.63. The highest BCUT2D eigenvalue weighted by Crippen LogP contribution is 2.36. The van der Waals surface area contributed by atoms with Crippen molar-refractivity contribution in [1.29, 1.82) is 0 Å². The van der Waals surface area contributed by atoms with Gasteiger partial charge in [0.05, 0.1) is 19.3 Å². The van der Waals surface area contributed by atoms with E-state index in [2.05, 4.69) is 24.1 Å². The van der Waals surface area contributed by atoms with Crippen LogP contribution in [0.25, 0.3) is 0 Å². The van der Waals surface area contributed by atoms with Gasteiger partial charge in [-0.25, -0.2) is 0 Å². The van der Waals surface area contributed by atoms with Gasteiger partial charge in [-0.05, 0) is 46.6 Å². The van der Waals surface area contributed by atoms with Gasteiger partial charge in [0.1, 0.15) is 5.54 Å². The Hall–Kier alpha value is -0.650. The van der Waals surface area contributed by atoms with E-state index in [0.717, 1.165) is 39.0 Å². The lowest BCUT2D eigenvalue weighted by molar-refractivity contribution is -0.151. The highest BCUT2D eigenvalue weighted by Gasteiger charge is 2.48. The van der Waals surface area contributed by atoms with Gasteiger partial charge in [0.25, 0.3) is 0 Å². The molecule has 1 saturated carbocycles. The monoisotopic (exact) mass is 298 g/mol. The number of likely N-dealkylation sites (N-methyl/N-ethyl adjacent to an activating group) is 1. The molecule has 1 heterocycles. The third kappa shape index (κ3) is 3.58. The quantitative estimate of drug-likeness (QED) is 0.781. The lowest BCUT2D eigenvalue weighted by Gasteiger charge is -2.41. The summed E-state index contributed by atoms with van der Waals surface area (Å²) < 4.78 is 11.0. The van der Waals surface area contributed by atoms with E-state index in [4.69, 9.17) is 9.47 Å². The number of esters is 1. The smallest absolute Gasteiger partial charge is 0.326 e. The van der Waals surface area contributed by atoms with Crippen LogP contribution >= 0.6 is 0 Å². The molecule has 1 aliphatic heterocycles. The summed E-state index contributed by atoms with van der Waals surface area (Å²) in [5.74, 6) is -0.0803. The summed E-state index contributed by atoms with van der Waals surface area (Å²) in [6, 6.07) is 0.862. The van der Waals surface area contributed by atoms with Crippen LogP contribution in [0.2, 0.25) is 0 Å². The second kappa shape index (κ2) is 7.07. The Morgan fingerprint density at radius 1 is 1.43 bits per heavy atom. The minimum atomic E-state index is -0.489. The first-order chi connectivity index (χ1) is 10.0. The number of nitrogens with zero attached hydrogens (tertiary/aromatic N) is 1. The Bertz CT molecular complexity index is 363. The summed E-state index contributed by atoms with van der Waals surface area (Å²) in [6.45, 7) is 11.2. The SMILES string of the molecule is CCNC1(C(=O)OCC)CCC(N2CC(C)OCC2C)C1. The molecule has 122 valence electrons. The molecule has 0 spiro atoms. The zero-order valence-electron chi connectivity index (χ0n) is 13.9. The van der Waals surface area contributed by atoms with Crippen LogP contribution in [0.4, 0.5) is 0 Å². The molecular formula is C16H30N2O3. The van der Waals surface area contributed by atoms with E-state index < -0.39 is 5.54 Å². The highest BCUT2D eigenvalue weighted by atomic mass is 16.5. The molecule has 1 N–H and O–H groups in total. The molecule has 5 heteroatoms. The van der Waals surface area contributed by atoms with Crippen LogP contribution in [-0.4, -0.2) is 60.9 Å². The van der Waals surface area contributed by atoms with Gasteiger partial charge in [0.2, 0.25) is 0 Å². The maximum atomic E-state index is 12.4. The van der Waals surface area contributed by atoms with E-state index in [1.54, 1.807) is 0 Å². The molecule has 1 aliphatic carbocycles. The zero-order valence-corrected chi connectivity index (χ0v) is 13.9. The van der Waals surface area contributed by atoms with Crippen LogP contribution in [0.5, 0.6) is 0 Å². The molecule has 4 atom stereocenters. The van der Waals surface area contributed by atoms with Crippen LogP contribution in [-0.2, 0) is 14.3 Å². The number of carbonyl (C=O) groups is 1. The van der Waals surface area contributed by atoms with Crippen molar-refractivity contribution in [2.75, 3.05) is 26.3 Å². The van der Waals surface area contributed by atoms with Crippen molar-refractivity contribution in [2.45, 2.75) is 70.7 Å². The summed E-state index contributed by atoms with van der Waals surface area (Å²) in [5, 5.41) is 3.41. The van der Waals surface area contributed by atoms with E-state index in [1.165, 1.54) is 0 Å². The zero-order chi connectivity index (χ0) is 15.5. The van der Waals surface area contributed by atoms with E-state index in [0.29, 0.717) is 18.7 Å². The van der Waals surface area contributed by atoms with Crippen LogP contribution in [0.1, 0.15) is 47.0 Å². The maximum Gasteiger partial charge on any atom is 0.326 e. The maximum absolute atomic E-state index is 12.4. The summed E-state index contributed by atoms with van der Waals surface area (Å²) >= 11 is 0. The fraction of sp³-hybridized carbons (Fsp3) is 0.938. The minimum absolute atomic E-state index is 0.0803. The van der Waals surface area contributed by atoms with Crippen molar-refractivity contribution in [3.8, 4) is 0 Å². The number of hydrogen-bond donors (Lipinski definition) is 1. The van der Waals surface area contributed by atoms with Gasteiger partial charge in [0, 0.05) is 18.6 Å². The van der Waals surface area contributed by atoms with Crippen LogP contribution in [0.15, 0.2) is 0 Å². The number of rotatable bonds is 5. The minimum Gasteiger partial charge on any atom is -0.465 e. The second-order valence-corrected chi connectivity index (χ2v) is 6.42. The molecule has 2 rings (SSSR count). The molecule has 21 heavy (non-hydrogen) atoms. The lowest BCUT2D eigenvalue weighted by Crippen LogP contribution is -2.55. The average Bonchev–Trinajstić information content (AvgIpc) is 2.88. The molecule has 5 nitrogen and oxygen atoms in total. The Balaban J connectivity index is 2.06. The molecule has 0 bridgehead atoms. The molecule has 0 aromatic carbocycles. The van der Waals surface area contributed by atoms with Crippen LogP contribution in [0, 0.1) is 0 Å². The van der Waals surface area contributed by atoms with Crippen LogP contribution < -0.4 is 5.32 Å². The molecule has 2 aliphatic rings. The van der Waals surface area contributed by atoms with E-state index in [9.17, 15) is 4.79 Å². The fourth-order valence-electron chi connectivity index (χ4n) is 3.77. The molecule has 0 amide bonds. The fourth-order valence-corrected chi connectivity index (χ4v) is 3.77. The number of morpholine rings is 1. The van der Waals surface area contributed by atoms with Crippen molar-refractivity contribution >= 4 is 5.97 Å². The molecule has 0 aromatic rings. The molecular weight excluding hydrogens is 268 g/mol. The topological polar surface area (TPSA) is 50.8 Å². The predicted octanol–water partition coefficient (Wildman–Crippen LogP) is 1.56. The van der Waals surface area contributed by atoms with Crippen molar-refractivity contribution < 1.29 is 14.3 Å².